The summed E-state index contributed by atoms with van der Waals surface area (Å²) >= 11 is 1.88. The average molecular weight is 462 g/mol. The van der Waals surface area contributed by atoms with Gasteiger partial charge in [0.15, 0.2) is 0 Å². The van der Waals surface area contributed by atoms with Crippen LogP contribution in [0.15, 0.2) is 91.0 Å². The van der Waals surface area contributed by atoms with E-state index in [-0.39, 0.29) is 18.3 Å². The summed E-state index contributed by atoms with van der Waals surface area (Å²) < 4.78 is 15.1. The second-order valence-electron chi connectivity index (χ2n) is 10.0. The normalized spacial score (nSPS) is 17.0. The lowest BCUT2D eigenvalue weighted by Gasteiger charge is -2.32. The van der Waals surface area contributed by atoms with Gasteiger partial charge in [-0.1, -0.05) is 91.0 Å². The van der Waals surface area contributed by atoms with Gasteiger partial charge in [0.05, 0.1) is 11.2 Å². The van der Waals surface area contributed by atoms with E-state index in [9.17, 15) is 0 Å². The Morgan fingerprint density at radius 2 is 1.06 bits per heavy atom. The zero-order valence-electron chi connectivity index (χ0n) is 20.0. The highest BCUT2D eigenvalue weighted by molar-refractivity contribution is 7.26. The predicted molar refractivity (Wildman–Crippen MR) is 146 cm³/mol. The average Bonchev–Trinajstić information content (AvgIpc) is 3.33. The molecule has 1 aliphatic rings. The fraction of sp³-hybridized carbons (Fsp3) is 0.200. The van der Waals surface area contributed by atoms with E-state index in [2.05, 4.69) is 119 Å². The van der Waals surface area contributed by atoms with Crippen molar-refractivity contribution in [3.05, 3.63) is 91.0 Å². The largest absolute Gasteiger partial charge is 0.494 e. The summed E-state index contributed by atoms with van der Waals surface area (Å²) in [5.41, 5.74) is 5.40. The zero-order chi connectivity index (χ0) is 23.5. The highest BCUT2D eigenvalue weighted by Crippen LogP contribution is 2.43. The zero-order valence-corrected chi connectivity index (χ0v) is 20.8. The molecular formula is C30H27BO2S. The molecule has 1 saturated heterocycles. The minimum Gasteiger partial charge on any atom is -0.399 e. The first-order valence-electron chi connectivity index (χ1n) is 11.8. The van der Waals surface area contributed by atoms with Crippen LogP contribution in [0.2, 0.25) is 0 Å². The van der Waals surface area contributed by atoms with Crippen molar-refractivity contribution in [2.75, 3.05) is 0 Å². The molecule has 2 heterocycles. The number of thiophene rings is 1. The molecule has 0 aliphatic carbocycles. The van der Waals surface area contributed by atoms with Crippen LogP contribution in [0.1, 0.15) is 27.7 Å². The Hall–Kier alpha value is -2.92. The van der Waals surface area contributed by atoms with E-state index in [1.807, 2.05) is 11.3 Å². The van der Waals surface area contributed by atoms with Gasteiger partial charge in [-0.25, -0.2) is 0 Å². The summed E-state index contributed by atoms with van der Waals surface area (Å²) in [6, 6.07) is 32.6. The number of rotatable bonds is 3. The minimum atomic E-state index is -0.340. The molecule has 0 atom stereocenters. The maximum absolute atomic E-state index is 6.24. The summed E-state index contributed by atoms with van der Waals surface area (Å²) in [6.45, 7) is 8.36. The maximum atomic E-state index is 6.24. The molecular weight excluding hydrogens is 435 g/mol. The molecule has 0 amide bonds. The van der Waals surface area contributed by atoms with Crippen molar-refractivity contribution in [3.8, 4) is 22.3 Å². The van der Waals surface area contributed by atoms with E-state index in [0.717, 1.165) is 5.46 Å². The first-order chi connectivity index (χ1) is 16.3. The van der Waals surface area contributed by atoms with Crippen molar-refractivity contribution in [2.45, 2.75) is 38.9 Å². The summed E-state index contributed by atoms with van der Waals surface area (Å²) in [5, 5.41) is 2.63. The highest BCUT2D eigenvalue weighted by Gasteiger charge is 2.51. The first kappa shape index (κ1) is 21.6. The SMILES string of the molecule is CC1(C)OB(c2ccc(-c3cccc4c3sc3c(-c5ccccc5)cccc34)cc2)OC1(C)C. The molecule has 0 radical (unpaired) electrons. The van der Waals surface area contributed by atoms with Crippen molar-refractivity contribution < 1.29 is 9.31 Å². The quantitative estimate of drug-likeness (QED) is 0.256. The van der Waals surface area contributed by atoms with Crippen LogP contribution in [0.4, 0.5) is 0 Å². The van der Waals surface area contributed by atoms with Gasteiger partial charge < -0.3 is 9.31 Å². The molecule has 6 rings (SSSR count). The molecule has 4 aromatic carbocycles. The second kappa shape index (κ2) is 7.81. The van der Waals surface area contributed by atoms with Gasteiger partial charge in [0.1, 0.15) is 0 Å². The second-order valence-corrected chi connectivity index (χ2v) is 11.1. The van der Waals surface area contributed by atoms with Crippen LogP contribution in [0.25, 0.3) is 42.4 Å². The van der Waals surface area contributed by atoms with Crippen LogP contribution in [-0.4, -0.2) is 18.3 Å². The molecule has 5 aromatic rings. The van der Waals surface area contributed by atoms with Crippen LogP contribution in [0.3, 0.4) is 0 Å². The lowest BCUT2D eigenvalue weighted by Crippen LogP contribution is -2.41. The van der Waals surface area contributed by atoms with Gasteiger partial charge in [0.2, 0.25) is 0 Å². The van der Waals surface area contributed by atoms with E-state index in [1.165, 1.54) is 42.4 Å². The number of benzene rings is 4. The lowest BCUT2D eigenvalue weighted by molar-refractivity contribution is 0.00578. The third kappa shape index (κ3) is 3.40. The molecule has 1 aliphatic heterocycles. The smallest absolute Gasteiger partial charge is 0.399 e. The molecule has 0 bridgehead atoms. The van der Waals surface area contributed by atoms with Crippen molar-refractivity contribution in [1.29, 1.82) is 0 Å². The van der Waals surface area contributed by atoms with Crippen LogP contribution < -0.4 is 5.46 Å². The summed E-state index contributed by atoms with van der Waals surface area (Å²) in [6.07, 6.45) is 0. The topological polar surface area (TPSA) is 18.5 Å². The Balaban J connectivity index is 1.42. The van der Waals surface area contributed by atoms with Gasteiger partial charge in [0.25, 0.3) is 0 Å². The van der Waals surface area contributed by atoms with Crippen LogP contribution in [-0.2, 0) is 9.31 Å². The Kier molecular flexibility index (Phi) is 4.96. The van der Waals surface area contributed by atoms with Gasteiger partial charge in [-0.15, -0.1) is 11.3 Å². The Morgan fingerprint density at radius 1 is 0.559 bits per heavy atom. The Labute approximate surface area is 205 Å². The number of hydrogen-bond donors (Lipinski definition) is 0. The van der Waals surface area contributed by atoms with Gasteiger partial charge in [-0.05, 0) is 55.4 Å². The monoisotopic (exact) mass is 462 g/mol. The predicted octanol–water partition coefficient (Wildman–Crippen LogP) is 7.69. The Morgan fingerprint density at radius 3 is 1.59 bits per heavy atom. The summed E-state index contributed by atoms with van der Waals surface area (Å²) in [4.78, 5) is 0. The highest BCUT2D eigenvalue weighted by atomic mass is 32.1. The molecule has 34 heavy (non-hydrogen) atoms. The van der Waals surface area contributed by atoms with Crippen molar-refractivity contribution in [2.24, 2.45) is 0 Å². The van der Waals surface area contributed by atoms with Gasteiger partial charge in [-0.3, -0.25) is 0 Å². The summed E-state index contributed by atoms with van der Waals surface area (Å²) in [5.74, 6) is 0. The van der Waals surface area contributed by atoms with E-state index in [0.29, 0.717) is 0 Å². The molecule has 1 aromatic heterocycles. The Bertz CT molecular complexity index is 1480. The van der Waals surface area contributed by atoms with Gasteiger partial charge >= 0.3 is 7.12 Å². The third-order valence-electron chi connectivity index (χ3n) is 7.36. The van der Waals surface area contributed by atoms with Crippen molar-refractivity contribution >= 4 is 44.1 Å². The molecule has 0 N–H and O–H groups in total. The van der Waals surface area contributed by atoms with E-state index < -0.39 is 0 Å². The third-order valence-corrected chi connectivity index (χ3v) is 8.64. The van der Waals surface area contributed by atoms with Crippen LogP contribution >= 0.6 is 11.3 Å². The molecule has 4 heteroatoms. The van der Waals surface area contributed by atoms with E-state index >= 15 is 0 Å². The molecule has 1 fully saturated rings. The fourth-order valence-electron chi connectivity index (χ4n) is 4.69. The number of fused-ring (bicyclic) bond motifs is 3. The minimum absolute atomic E-state index is 0.338. The molecule has 0 spiro atoms. The molecule has 0 saturated carbocycles. The van der Waals surface area contributed by atoms with Crippen LogP contribution in [0.5, 0.6) is 0 Å². The van der Waals surface area contributed by atoms with Crippen LogP contribution in [0, 0.1) is 0 Å². The maximum Gasteiger partial charge on any atom is 0.494 e. The van der Waals surface area contributed by atoms with E-state index in [1.54, 1.807) is 0 Å². The van der Waals surface area contributed by atoms with Gasteiger partial charge in [0, 0.05) is 20.2 Å². The van der Waals surface area contributed by atoms with Crippen molar-refractivity contribution in [3.63, 3.8) is 0 Å². The first-order valence-corrected chi connectivity index (χ1v) is 12.6. The van der Waals surface area contributed by atoms with E-state index in [4.69, 9.17) is 9.31 Å². The molecule has 2 nitrogen and oxygen atoms in total. The lowest BCUT2D eigenvalue weighted by atomic mass is 9.78. The standard InChI is InChI=1S/C30H27BO2S/c1-29(2)30(3,4)33-31(32-29)22-18-16-21(17-19-22)24-13-9-15-26-25-14-8-12-23(27(25)34-28(24)26)20-10-6-5-7-11-20/h5-19H,1-4H3. The molecule has 168 valence electrons. The fourth-order valence-corrected chi connectivity index (χ4v) is 6.06. The molecule has 0 unspecified atom stereocenters. The van der Waals surface area contributed by atoms with Gasteiger partial charge in [-0.2, -0.15) is 0 Å². The number of hydrogen-bond acceptors (Lipinski definition) is 3. The summed E-state index contributed by atoms with van der Waals surface area (Å²) in [7, 11) is -0.340. The van der Waals surface area contributed by atoms with Crippen molar-refractivity contribution in [1.82, 2.24) is 0 Å².